The summed E-state index contributed by atoms with van der Waals surface area (Å²) >= 11 is 3.45. The number of piperazine rings is 1. The van der Waals surface area contributed by atoms with Gasteiger partial charge >= 0.3 is 0 Å². The first-order valence-corrected chi connectivity index (χ1v) is 7.76. The van der Waals surface area contributed by atoms with Crippen LogP contribution in [0.3, 0.4) is 0 Å². The van der Waals surface area contributed by atoms with Crippen LogP contribution in [0.5, 0.6) is 0 Å². The lowest BCUT2D eigenvalue weighted by atomic mass is 10.1. The number of rotatable bonds is 2. The Morgan fingerprint density at radius 3 is 3.00 bits per heavy atom. The largest absolute Gasteiger partial charge is 0.423 e. The number of nitrogens with one attached hydrogen (secondary N) is 1. The predicted octanol–water partition coefficient (Wildman–Crippen LogP) is 2.57. The molecule has 2 heterocycles. The average Bonchev–Trinajstić information content (AvgIpc) is 3.10. The van der Waals surface area contributed by atoms with Crippen LogP contribution in [-0.4, -0.2) is 29.5 Å². The van der Waals surface area contributed by atoms with Gasteiger partial charge in [0.1, 0.15) is 5.54 Å². The van der Waals surface area contributed by atoms with E-state index in [0.717, 1.165) is 29.4 Å². The fraction of sp³-hybridized carbons (Fsp3) is 0.333. The Morgan fingerprint density at radius 1 is 1.38 bits per heavy atom. The molecule has 1 amide bonds. The van der Waals surface area contributed by atoms with Crippen LogP contribution in [0.1, 0.15) is 12.8 Å². The Bertz CT molecular complexity index is 708. The highest BCUT2D eigenvalue weighted by molar-refractivity contribution is 9.10. The van der Waals surface area contributed by atoms with E-state index in [1.165, 1.54) is 0 Å². The van der Waals surface area contributed by atoms with Crippen LogP contribution in [0.2, 0.25) is 0 Å². The summed E-state index contributed by atoms with van der Waals surface area (Å²) in [5.74, 6) is 0.809. The number of oxazole rings is 1. The second kappa shape index (κ2) is 4.59. The summed E-state index contributed by atoms with van der Waals surface area (Å²) in [6, 6.07) is 8.43. The minimum atomic E-state index is -0.419. The molecule has 1 aliphatic heterocycles. The van der Waals surface area contributed by atoms with E-state index in [4.69, 9.17) is 4.42 Å². The summed E-state index contributed by atoms with van der Waals surface area (Å²) in [5.41, 5.74) is 0.548. The van der Waals surface area contributed by atoms with Crippen molar-refractivity contribution in [1.29, 1.82) is 0 Å². The van der Waals surface area contributed by atoms with Gasteiger partial charge in [-0.1, -0.05) is 28.1 Å². The number of amides is 1. The Hall–Kier alpha value is -1.82. The number of nitrogens with zero attached hydrogens (tertiary/aromatic N) is 2. The molecule has 1 aromatic carbocycles. The Kier molecular flexibility index (Phi) is 2.82. The molecule has 2 aromatic rings. The molecule has 1 aliphatic carbocycles. The Morgan fingerprint density at radius 2 is 2.24 bits per heavy atom. The zero-order valence-electron chi connectivity index (χ0n) is 11.3. The normalized spacial score (nSPS) is 19.7. The summed E-state index contributed by atoms with van der Waals surface area (Å²) < 4.78 is 6.90. The maximum absolute atomic E-state index is 12.1. The number of carbonyl (C=O) groups excluding carboxylic acids is 1. The van der Waals surface area contributed by atoms with Crippen LogP contribution >= 0.6 is 15.9 Å². The highest BCUT2D eigenvalue weighted by atomic mass is 79.9. The number of benzene rings is 1. The first kappa shape index (κ1) is 12.9. The maximum Gasteiger partial charge on any atom is 0.298 e. The van der Waals surface area contributed by atoms with Crippen LogP contribution < -0.4 is 10.2 Å². The van der Waals surface area contributed by atoms with Crippen molar-refractivity contribution in [3.63, 3.8) is 0 Å². The monoisotopic (exact) mass is 347 g/mol. The van der Waals surface area contributed by atoms with E-state index < -0.39 is 5.54 Å². The van der Waals surface area contributed by atoms with Crippen LogP contribution in [0.4, 0.5) is 6.01 Å². The van der Waals surface area contributed by atoms with Crippen molar-refractivity contribution in [2.45, 2.75) is 18.4 Å². The van der Waals surface area contributed by atoms with Crippen LogP contribution in [0, 0.1) is 0 Å². The van der Waals surface area contributed by atoms with Gasteiger partial charge in [-0.2, -0.15) is 0 Å². The second-order valence-electron chi connectivity index (χ2n) is 5.46. The lowest BCUT2D eigenvalue weighted by Gasteiger charge is -2.34. The molecule has 0 radical (unpaired) electrons. The molecule has 1 aromatic heterocycles. The molecule has 1 spiro atoms. The zero-order chi connectivity index (χ0) is 14.4. The molecule has 21 heavy (non-hydrogen) atoms. The van der Waals surface area contributed by atoms with Crippen molar-refractivity contribution < 1.29 is 9.21 Å². The van der Waals surface area contributed by atoms with Crippen molar-refractivity contribution in [3.8, 4) is 11.3 Å². The predicted molar refractivity (Wildman–Crippen MR) is 82.0 cm³/mol. The Labute approximate surface area is 130 Å². The molecule has 108 valence electrons. The number of hydrogen-bond donors (Lipinski definition) is 1. The van der Waals surface area contributed by atoms with Crippen LogP contribution in [0.15, 0.2) is 39.4 Å². The van der Waals surface area contributed by atoms with Gasteiger partial charge in [-0.25, -0.2) is 4.98 Å². The van der Waals surface area contributed by atoms with Gasteiger partial charge in [0, 0.05) is 23.1 Å². The molecule has 0 atom stereocenters. The highest BCUT2D eigenvalue weighted by Gasteiger charge is 2.57. The smallest absolute Gasteiger partial charge is 0.298 e. The summed E-state index contributed by atoms with van der Waals surface area (Å²) in [6.45, 7) is 1.37. The lowest BCUT2D eigenvalue weighted by molar-refractivity contribution is -0.124. The minimum absolute atomic E-state index is 0.0935. The summed E-state index contributed by atoms with van der Waals surface area (Å²) in [4.78, 5) is 18.4. The van der Waals surface area contributed by atoms with Gasteiger partial charge in [0.15, 0.2) is 5.76 Å². The number of anilines is 1. The third-order valence-corrected chi connectivity index (χ3v) is 4.61. The van der Waals surface area contributed by atoms with Gasteiger partial charge in [-0.3, -0.25) is 4.79 Å². The number of halogens is 1. The molecule has 4 rings (SSSR count). The van der Waals surface area contributed by atoms with Gasteiger partial charge in [0.25, 0.3) is 6.01 Å². The summed E-state index contributed by atoms with van der Waals surface area (Å²) in [5, 5.41) is 2.92. The summed E-state index contributed by atoms with van der Waals surface area (Å²) in [6.07, 6.45) is 3.46. The van der Waals surface area contributed by atoms with Crippen molar-refractivity contribution in [3.05, 3.63) is 34.9 Å². The van der Waals surface area contributed by atoms with E-state index in [-0.39, 0.29) is 5.91 Å². The lowest BCUT2D eigenvalue weighted by Crippen LogP contribution is -2.57. The van der Waals surface area contributed by atoms with E-state index >= 15 is 0 Å². The first-order chi connectivity index (χ1) is 10.2. The van der Waals surface area contributed by atoms with E-state index in [2.05, 4.69) is 26.2 Å². The van der Waals surface area contributed by atoms with E-state index in [1.54, 1.807) is 6.20 Å². The molecule has 2 fully saturated rings. The molecule has 6 heteroatoms. The molecule has 1 saturated heterocycles. The standard InChI is InChI=1S/C15H14BrN3O2/c16-11-3-1-2-10(8-11)12-9-18-14(21-12)19-7-6-17-13(20)15(19)4-5-15/h1-3,8-9H,4-7H2,(H,17,20). The highest BCUT2D eigenvalue weighted by Crippen LogP contribution is 2.45. The third kappa shape index (κ3) is 2.05. The van der Waals surface area contributed by atoms with Gasteiger partial charge in [0.2, 0.25) is 5.91 Å². The van der Waals surface area contributed by atoms with Crippen molar-refractivity contribution in [2.24, 2.45) is 0 Å². The molecule has 1 saturated carbocycles. The number of hydrogen-bond acceptors (Lipinski definition) is 4. The Balaban J connectivity index is 1.67. The fourth-order valence-corrected chi connectivity index (χ4v) is 3.24. The molecule has 5 nitrogen and oxygen atoms in total. The molecular formula is C15H14BrN3O2. The van der Waals surface area contributed by atoms with E-state index in [9.17, 15) is 4.79 Å². The third-order valence-electron chi connectivity index (χ3n) is 4.12. The topological polar surface area (TPSA) is 58.4 Å². The molecule has 2 aliphatic rings. The van der Waals surface area contributed by atoms with Gasteiger partial charge < -0.3 is 14.6 Å². The number of aromatic nitrogens is 1. The first-order valence-electron chi connectivity index (χ1n) is 6.97. The van der Waals surface area contributed by atoms with Crippen LogP contribution in [0.25, 0.3) is 11.3 Å². The molecule has 0 bridgehead atoms. The fourth-order valence-electron chi connectivity index (χ4n) is 2.84. The van der Waals surface area contributed by atoms with Crippen molar-refractivity contribution >= 4 is 27.9 Å². The van der Waals surface area contributed by atoms with Gasteiger partial charge in [0.05, 0.1) is 6.20 Å². The van der Waals surface area contributed by atoms with Crippen molar-refractivity contribution in [1.82, 2.24) is 10.3 Å². The van der Waals surface area contributed by atoms with Gasteiger partial charge in [-0.05, 0) is 25.0 Å². The molecule has 1 N–H and O–H groups in total. The maximum atomic E-state index is 12.1. The van der Waals surface area contributed by atoms with E-state index in [0.29, 0.717) is 18.3 Å². The molecule has 0 unspecified atom stereocenters. The summed E-state index contributed by atoms with van der Waals surface area (Å²) in [7, 11) is 0. The average molecular weight is 348 g/mol. The quantitative estimate of drug-likeness (QED) is 0.906. The second-order valence-corrected chi connectivity index (χ2v) is 6.37. The van der Waals surface area contributed by atoms with E-state index in [1.807, 2.05) is 29.2 Å². The van der Waals surface area contributed by atoms with Crippen molar-refractivity contribution in [2.75, 3.05) is 18.0 Å². The SMILES string of the molecule is O=C1NCCN(c2ncc(-c3cccc(Br)c3)o2)C12CC2. The number of carbonyl (C=O) groups is 1. The molecular weight excluding hydrogens is 334 g/mol. The van der Waals surface area contributed by atoms with Crippen LogP contribution in [-0.2, 0) is 4.79 Å². The van der Waals surface area contributed by atoms with Gasteiger partial charge in [-0.15, -0.1) is 0 Å². The zero-order valence-corrected chi connectivity index (χ0v) is 12.9. The minimum Gasteiger partial charge on any atom is -0.423 e.